The van der Waals surface area contributed by atoms with Gasteiger partial charge in [-0.25, -0.2) is 9.97 Å². The lowest BCUT2D eigenvalue weighted by molar-refractivity contribution is 0.0929. The Morgan fingerprint density at radius 1 is 1.24 bits per heavy atom. The van der Waals surface area contributed by atoms with Crippen molar-refractivity contribution in [1.82, 2.24) is 19.9 Å². The van der Waals surface area contributed by atoms with Crippen molar-refractivity contribution in [1.29, 1.82) is 5.26 Å². The second kappa shape index (κ2) is 8.06. The lowest BCUT2D eigenvalue weighted by Crippen LogP contribution is -2.42. The van der Waals surface area contributed by atoms with Crippen LogP contribution in [0.3, 0.4) is 0 Å². The Kier molecular flexibility index (Phi) is 5.71. The number of amides is 1. The Morgan fingerprint density at radius 3 is 2.55 bits per heavy atom. The second-order valence-corrected chi connectivity index (χ2v) is 8.04. The lowest BCUT2D eigenvalue weighted by atomic mass is 10.1. The van der Waals surface area contributed by atoms with Crippen LogP contribution >= 0.6 is 11.6 Å². The number of nitrogens with one attached hydrogen (secondary N) is 1. The van der Waals surface area contributed by atoms with E-state index in [0.717, 1.165) is 11.4 Å². The van der Waals surface area contributed by atoms with E-state index in [9.17, 15) is 10.1 Å². The predicted octanol–water partition coefficient (Wildman–Crippen LogP) is 4.74. The van der Waals surface area contributed by atoms with Crippen LogP contribution in [-0.4, -0.2) is 26.0 Å². The molecule has 0 bridgehead atoms. The van der Waals surface area contributed by atoms with Crippen LogP contribution in [0.1, 0.15) is 49.8 Å². The number of halogens is 1. The molecule has 7 heteroatoms. The van der Waals surface area contributed by atoms with Crippen LogP contribution < -0.4 is 5.32 Å². The Bertz CT molecular complexity index is 1080. The van der Waals surface area contributed by atoms with Crippen molar-refractivity contribution < 1.29 is 4.79 Å². The molecule has 6 nitrogen and oxygen atoms in total. The molecule has 0 aliphatic heterocycles. The lowest BCUT2D eigenvalue weighted by Gasteiger charge is -2.18. The minimum atomic E-state index is -0.987. The molecule has 0 aliphatic rings. The van der Waals surface area contributed by atoms with Gasteiger partial charge < -0.3 is 5.32 Å². The van der Waals surface area contributed by atoms with E-state index >= 15 is 0 Å². The van der Waals surface area contributed by atoms with Crippen LogP contribution in [0.5, 0.6) is 0 Å². The molecule has 148 valence electrons. The minimum absolute atomic E-state index is 0.181. The van der Waals surface area contributed by atoms with E-state index in [-0.39, 0.29) is 11.8 Å². The maximum absolute atomic E-state index is 12.9. The summed E-state index contributed by atoms with van der Waals surface area (Å²) < 4.78 is 1.87. The average Bonchev–Trinajstić information content (AvgIpc) is 3.18. The van der Waals surface area contributed by atoms with Gasteiger partial charge in [-0.15, -0.1) is 0 Å². The first-order valence-electron chi connectivity index (χ1n) is 9.25. The zero-order valence-corrected chi connectivity index (χ0v) is 17.5. The Hall–Kier alpha value is -3.17. The Balaban J connectivity index is 2.14. The van der Waals surface area contributed by atoms with Gasteiger partial charge in [0.1, 0.15) is 17.2 Å². The van der Waals surface area contributed by atoms with Gasteiger partial charge in [0.05, 0.1) is 11.8 Å². The van der Waals surface area contributed by atoms with Crippen molar-refractivity contribution >= 4 is 17.5 Å². The Labute approximate surface area is 175 Å². The minimum Gasteiger partial charge on any atom is -0.334 e. The third-order valence-electron chi connectivity index (χ3n) is 4.35. The highest BCUT2D eigenvalue weighted by Gasteiger charge is 2.22. The van der Waals surface area contributed by atoms with Gasteiger partial charge in [0.15, 0.2) is 0 Å². The van der Waals surface area contributed by atoms with Gasteiger partial charge in [-0.2, -0.15) is 5.26 Å². The van der Waals surface area contributed by atoms with Crippen LogP contribution in [0.2, 0.25) is 5.02 Å². The van der Waals surface area contributed by atoms with Crippen LogP contribution in [0.4, 0.5) is 0 Å². The quantitative estimate of drug-likeness (QED) is 0.661. The van der Waals surface area contributed by atoms with Gasteiger partial charge in [0.25, 0.3) is 5.91 Å². The van der Waals surface area contributed by atoms with Gasteiger partial charge in [-0.05, 0) is 38.1 Å². The molecule has 1 amide bonds. The number of hydrogen-bond donors (Lipinski definition) is 1. The average molecular weight is 408 g/mol. The fourth-order valence-corrected chi connectivity index (χ4v) is 2.98. The molecular formula is C22H22ClN5O. The van der Waals surface area contributed by atoms with E-state index in [0.29, 0.717) is 22.1 Å². The molecule has 0 atom stereocenters. The van der Waals surface area contributed by atoms with Gasteiger partial charge in [0.2, 0.25) is 0 Å². The van der Waals surface area contributed by atoms with Gasteiger partial charge in [-0.1, -0.05) is 37.6 Å². The van der Waals surface area contributed by atoms with Gasteiger partial charge >= 0.3 is 0 Å². The number of carbonyl (C=O) groups is 1. The zero-order chi connectivity index (χ0) is 21.2. The SMILES string of the molecule is CC(C)c1nccn1-c1cc(C(=O)NC(C)(C)C#N)cc(-c2ccc(Cl)cc2)n1. The summed E-state index contributed by atoms with van der Waals surface area (Å²) in [6, 6.07) is 12.8. The van der Waals surface area contributed by atoms with E-state index in [1.807, 2.05) is 36.7 Å². The monoisotopic (exact) mass is 407 g/mol. The molecule has 2 heterocycles. The fourth-order valence-electron chi connectivity index (χ4n) is 2.86. The van der Waals surface area contributed by atoms with Crippen molar-refractivity contribution in [3.63, 3.8) is 0 Å². The van der Waals surface area contributed by atoms with E-state index < -0.39 is 5.54 Å². The van der Waals surface area contributed by atoms with Crippen LogP contribution in [-0.2, 0) is 0 Å². The molecular weight excluding hydrogens is 386 g/mol. The second-order valence-electron chi connectivity index (χ2n) is 7.61. The van der Waals surface area contributed by atoms with Crippen LogP contribution in [0.25, 0.3) is 17.1 Å². The highest BCUT2D eigenvalue weighted by atomic mass is 35.5. The first kappa shape index (κ1) is 20.6. The van der Waals surface area contributed by atoms with E-state index in [2.05, 4.69) is 16.4 Å². The Morgan fingerprint density at radius 2 is 1.93 bits per heavy atom. The maximum atomic E-state index is 12.9. The van der Waals surface area contributed by atoms with Crippen molar-refractivity contribution in [3.05, 3.63) is 65.2 Å². The summed E-state index contributed by atoms with van der Waals surface area (Å²) in [5, 5.41) is 12.6. The number of aromatic nitrogens is 3. The summed E-state index contributed by atoms with van der Waals surface area (Å²) in [5.41, 5.74) is 0.879. The fraction of sp³-hybridized carbons (Fsp3) is 0.273. The third kappa shape index (κ3) is 4.64. The van der Waals surface area contributed by atoms with E-state index in [1.165, 1.54) is 0 Å². The van der Waals surface area contributed by atoms with Crippen molar-refractivity contribution in [2.75, 3.05) is 0 Å². The van der Waals surface area contributed by atoms with Crippen molar-refractivity contribution in [2.45, 2.75) is 39.2 Å². The molecule has 3 aromatic rings. The number of benzene rings is 1. The number of rotatable bonds is 5. The summed E-state index contributed by atoms with van der Waals surface area (Å²) in [4.78, 5) is 22.0. The molecule has 0 radical (unpaired) electrons. The van der Waals surface area contributed by atoms with E-state index in [4.69, 9.17) is 16.6 Å². The molecule has 0 aliphatic carbocycles. The maximum Gasteiger partial charge on any atom is 0.252 e. The molecule has 1 N–H and O–H groups in total. The van der Waals surface area contributed by atoms with Gasteiger partial charge in [0, 0.05) is 34.5 Å². The normalized spacial score (nSPS) is 11.3. The first-order valence-corrected chi connectivity index (χ1v) is 9.63. The summed E-state index contributed by atoms with van der Waals surface area (Å²) in [7, 11) is 0. The molecule has 0 fully saturated rings. The summed E-state index contributed by atoms with van der Waals surface area (Å²) in [6.45, 7) is 7.40. The van der Waals surface area contributed by atoms with E-state index in [1.54, 1.807) is 44.3 Å². The number of nitriles is 1. The summed E-state index contributed by atoms with van der Waals surface area (Å²) in [6.07, 6.45) is 3.54. The molecule has 29 heavy (non-hydrogen) atoms. The third-order valence-corrected chi connectivity index (χ3v) is 4.60. The number of pyridine rings is 1. The van der Waals surface area contributed by atoms with Crippen molar-refractivity contribution in [2.24, 2.45) is 0 Å². The molecule has 3 rings (SSSR count). The van der Waals surface area contributed by atoms with Gasteiger partial charge in [-0.3, -0.25) is 9.36 Å². The summed E-state index contributed by atoms with van der Waals surface area (Å²) in [5.74, 6) is 1.26. The molecule has 0 spiro atoms. The van der Waals surface area contributed by atoms with Crippen molar-refractivity contribution in [3.8, 4) is 23.1 Å². The molecule has 0 unspecified atom stereocenters. The first-order chi connectivity index (χ1) is 13.7. The van der Waals surface area contributed by atoms with Crippen LogP contribution in [0.15, 0.2) is 48.8 Å². The number of imidazole rings is 1. The number of carbonyl (C=O) groups excluding carboxylic acids is 1. The smallest absolute Gasteiger partial charge is 0.252 e. The standard InChI is InChI=1S/C22H22ClN5O/c1-14(2)20-25-9-10-28(20)19-12-16(21(29)27-22(3,4)13-24)11-18(26-19)15-5-7-17(23)8-6-15/h5-12,14H,1-4H3,(H,27,29). The topological polar surface area (TPSA) is 83.6 Å². The highest BCUT2D eigenvalue weighted by molar-refractivity contribution is 6.30. The predicted molar refractivity (Wildman–Crippen MR) is 113 cm³/mol. The molecule has 0 saturated carbocycles. The summed E-state index contributed by atoms with van der Waals surface area (Å²) >= 11 is 6.01. The number of hydrogen-bond acceptors (Lipinski definition) is 4. The highest BCUT2D eigenvalue weighted by Crippen LogP contribution is 2.25. The molecule has 0 saturated heterocycles. The molecule has 1 aromatic carbocycles. The number of nitrogens with zero attached hydrogens (tertiary/aromatic N) is 4. The largest absolute Gasteiger partial charge is 0.334 e. The zero-order valence-electron chi connectivity index (χ0n) is 16.8. The molecule has 2 aromatic heterocycles. The van der Waals surface area contributed by atoms with Crippen LogP contribution in [0, 0.1) is 11.3 Å².